The number of aromatic nitrogens is 2. The maximum atomic E-state index is 11.9. The summed E-state index contributed by atoms with van der Waals surface area (Å²) in [7, 11) is 1.60. The Morgan fingerprint density at radius 1 is 1.47 bits per heavy atom. The first-order chi connectivity index (χ1) is 7.98. The van der Waals surface area contributed by atoms with E-state index in [9.17, 15) is 4.79 Å². The number of carbonyl (C=O) groups is 1. The monoisotopic (exact) mass is 258 g/mol. The second-order valence-electron chi connectivity index (χ2n) is 4.21. The Labute approximate surface area is 105 Å². The van der Waals surface area contributed by atoms with Gasteiger partial charge in [-0.1, -0.05) is 11.3 Å². The van der Waals surface area contributed by atoms with E-state index in [1.54, 1.807) is 7.11 Å². The molecule has 1 heterocycles. The van der Waals surface area contributed by atoms with E-state index >= 15 is 0 Å². The van der Waals surface area contributed by atoms with Crippen molar-refractivity contribution in [2.75, 3.05) is 25.6 Å². The zero-order chi connectivity index (χ0) is 12.9. The average Bonchev–Trinajstić information content (AvgIpc) is 2.66. The van der Waals surface area contributed by atoms with Crippen molar-refractivity contribution in [3.8, 4) is 0 Å². The Bertz CT molecular complexity index is 378. The van der Waals surface area contributed by atoms with Gasteiger partial charge in [-0.25, -0.2) is 0 Å². The van der Waals surface area contributed by atoms with Crippen LogP contribution in [0, 0.1) is 0 Å². The van der Waals surface area contributed by atoms with Gasteiger partial charge in [0.05, 0.1) is 12.1 Å². The Morgan fingerprint density at radius 3 is 2.76 bits per heavy atom. The molecule has 2 N–H and O–H groups in total. The van der Waals surface area contributed by atoms with Crippen LogP contribution in [0.1, 0.15) is 30.6 Å². The van der Waals surface area contributed by atoms with Crippen LogP contribution in [-0.4, -0.2) is 41.9 Å². The van der Waals surface area contributed by atoms with Crippen LogP contribution < -0.4 is 10.6 Å². The first-order valence-electron chi connectivity index (χ1n) is 5.37. The summed E-state index contributed by atoms with van der Waals surface area (Å²) in [6.45, 7) is 6.94. The van der Waals surface area contributed by atoms with Crippen molar-refractivity contribution in [2.45, 2.75) is 26.3 Å². The average molecular weight is 258 g/mol. The second-order valence-corrected chi connectivity index (χ2v) is 5.19. The van der Waals surface area contributed by atoms with Gasteiger partial charge in [0.1, 0.15) is 0 Å². The molecule has 0 aliphatic rings. The number of rotatable bonds is 6. The predicted octanol–water partition coefficient (Wildman–Crippen LogP) is 1.12. The highest BCUT2D eigenvalue weighted by Crippen LogP contribution is 2.15. The quantitative estimate of drug-likeness (QED) is 0.800. The highest BCUT2D eigenvalue weighted by molar-refractivity contribution is 7.17. The van der Waals surface area contributed by atoms with Crippen molar-refractivity contribution in [3.63, 3.8) is 0 Å². The van der Waals surface area contributed by atoms with Gasteiger partial charge in [0, 0.05) is 13.7 Å². The molecular formula is C10H18N4O2S. The Morgan fingerprint density at radius 2 is 2.18 bits per heavy atom. The fraction of sp³-hybridized carbons (Fsp3) is 0.700. The molecule has 0 aliphatic heterocycles. The van der Waals surface area contributed by atoms with Crippen molar-refractivity contribution < 1.29 is 9.53 Å². The fourth-order valence-corrected chi connectivity index (χ4v) is 2.00. The molecule has 0 saturated heterocycles. The first kappa shape index (κ1) is 13.9. The van der Waals surface area contributed by atoms with Crippen LogP contribution in [-0.2, 0) is 4.74 Å². The molecule has 1 rings (SSSR count). The van der Waals surface area contributed by atoms with E-state index in [2.05, 4.69) is 20.8 Å². The molecule has 1 aromatic rings. The molecule has 7 heteroatoms. The van der Waals surface area contributed by atoms with Gasteiger partial charge >= 0.3 is 0 Å². The van der Waals surface area contributed by atoms with Gasteiger partial charge in [-0.05, 0) is 20.8 Å². The van der Waals surface area contributed by atoms with Crippen molar-refractivity contribution in [1.82, 2.24) is 15.5 Å². The van der Waals surface area contributed by atoms with Gasteiger partial charge in [0.2, 0.25) is 10.1 Å². The molecule has 6 nitrogen and oxygen atoms in total. The van der Waals surface area contributed by atoms with Crippen LogP contribution in [0.5, 0.6) is 0 Å². The lowest BCUT2D eigenvalue weighted by molar-refractivity contribution is 0.0819. The Kier molecular flexibility index (Phi) is 4.83. The third-order valence-electron chi connectivity index (χ3n) is 1.90. The molecule has 0 fully saturated rings. The molecular weight excluding hydrogens is 240 g/mol. The topological polar surface area (TPSA) is 76.1 Å². The Hall–Kier alpha value is -1.21. The molecule has 0 unspecified atom stereocenters. The van der Waals surface area contributed by atoms with Crippen LogP contribution in [0.3, 0.4) is 0 Å². The van der Waals surface area contributed by atoms with Gasteiger partial charge < -0.3 is 15.4 Å². The minimum Gasteiger partial charge on any atom is -0.382 e. The third kappa shape index (κ3) is 4.27. The van der Waals surface area contributed by atoms with E-state index in [1.807, 2.05) is 20.8 Å². The number of carbonyl (C=O) groups excluding carboxylic acids is 1. The first-order valence-corrected chi connectivity index (χ1v) is 6.19. The van der Waals surface area contributed by atoms with Crippen molar-refractivity contribution in [2.24, 2.45) is 0 Å². The number of nitrogens with zero attached hydrogens (tertiary/aromatic N) is 2. The molecule has 96 valence electrons. The van der Waals surface area contributed by atoms with Gasteiger partial charge in [0.25, 0.3) is 5.91 Å². The highest BCUT2D eigenvalue weighted by Gasteiger charge is 2.23. The molecule has 0 radical (unpaired) electrons. The molecule has 0 atom stereocenters. The van der Waals surface area contributed by atoms with Gasteiger partial charge in [-0.3, -0.25) is 4.79 Å². The number of methoxy groups -OCH3 is 1. The summed E-state index contributed by atoms with van der Waals surface area (Å²) in [5, 5.41) is 14.6. The van der Waals surface area contributed by atoms with Gasteiger partial charge in [0.15, 0.2) is 0 Å². The standard InChI is InChI=1S/C10H18N4O2S/c1-5-11-9-14-13-8(17-9)7(15)12-10(2,3)6-16-4/h5-6H2,1-4H3,(H,11,14)(H,12,15). The molecule has 0 aromatic carbocycles. The minimum absolute atomic E-state index is 0.228. The summed E-state index contributed by atoms with van der Waals surface area (Å²) in [6.07, 6.45) is 0. The lowest BCUT2D eigenvalue weighted by atomic mass is 10.1. The number of ether oxygens (including phenoxy) is 1. The predicted molar refractivity (Wildman–Crippen MR) is 67.5 cm³/mol. The molecule has 0 aliphatic carbocycles. The van der Waals surface area contributed by atoms with Crippen LogP contribution in [0.4, 0.5) is 5.13 Å². The summed E-state index contributed by atoms with van der Waals surface area (Å²) in [6, 6.07) is 0. The molecule has 1 amide bonds. The van der Waals surface area contributed by atoms with E-state index in [1.165, 1.54) is 11.3 Å². The number of nitrogens with one attached hydrogen (secondary N) is 2. The van der Waals surface area contributed by atoms with Crippen molar-refractivity contribution in [3.05, 3.63) is 5.01 Å². The molecule has 0 bridgehead atoms. The third-order valence-corrected chi connectivity index (χ3v) is 2.78. The van der Waals surface area contributed by atoms with E-state index in [0.29, 0.717) is 16.7 Å². The summed E-state index contributed by atoms with van der Waals surface area (Å²) in [5.41, 5.74) is -0.421. The number of hydrogen-bond acceptors (Lipinski definition) is 6. The minimum atomic E-state index is -0.421. The highest BCUT2D eigenvalue weighted by atomic mass is 32.1. The largest absolute Gasteiger partial charge is 0.382 e. The van der Waals surface area contributed by atoms with E-state index in [4.69, 9.17) is 4.74 Å². The summed E-state index contributed by atoms with van der Waals surface area (Å²) in [5.74, 6) is -0.228. The number of hydrogen-bond donors (Lipinski definition) is 2. The second kappa shape index (κ2) is 5.92. The smallest absolute Gasteiger partial charge is 0.282 e. The maximum absolute atomic E-state index is 11.9. The normalized spacial score (nSPS) is 11.3. The molecule has 17 heavy (non-hydrogen) atoms. The van der Waals surface area contributed by atoms with Crippen LogP contribution in [0.25, 0.3) is 0 Å². The van der Waals surface area contributed by atoms with Gasteiger partial charge in [-0.2, -0.15) is 0 Å². The van der Waals surface area contributed by atoms with E-state index < -0.39 is 5.54 Å². The summed E-state index contributed by atoms with van der Waals surface area (Å²) in [4.78, 5) is 11.9. The maximum Gasteiger partial charge on any atom is 0.282 e. The van der Waals surface area contributed by atoms with Crippen LogP contribution in [0.2, 0.25) is 0 Å². The van der Waals surface area contributed by atoms with Crippen molar-refractivity contribution >= 4 is 22.4 Å². The zero-order valence-electron chi connectivity index (χ0n) is 10.5. The molecule has 0 saturated carbocycles. The zero-order valence-corrected chi connectivity index (χ0v) is 11.3. The molecule has 0 spiro atoms. The van der Waals surface area contributed by atoms with E-state index in [-0.39, 0.29) is 5.91 Å². The van der Waals surface area contributed by atoms with Crippen LogP contribution in [0.15, 0.2) is 0 Å². The summed E-state index contributed by atoms with van der Waals surface area (Å²) >= 11 is 1.24. The molecule has 1 aromatic heterocycles. The van der Waals surface area contributed by atoms with E-state index in [0.717, 1.165) is 6.54 Å². The lowest BCUT2D eigenvalue weighted by Crippen LogP contribution is -2.46. The fourth-order valence-electron chi connectivity index (χ4n) is 1.30. The number of anilines is 1. The SMILES string of the molecule is CCNc1nnc(C(=O)NC(C)(C)COC)s1. The summed E-state index contributed by atoms with van der Waals surface area (Å²) < 4.78 is 5.03. The van der Waals surface area contributed by atoms with Gasteiger partial charge in [-0.15, -0.1) is 10.2 Å². The van der Waals surface area contributed by atoms with Crippen molar-refractivity contribution in [1.29, 1.82) is 0 Å². The van der Waals surface area contributed by atoms with Crippen LogP contribution >= 0.6 is 11.3 Å². The lowest BCUT2D eigenvalue weighted by Gasteiger charge is -2.24. The number of amides is 1. The Balaban J connectivity index is 2.63.